The molecule has 1 aliphatic heterocycles. The van der Waals surface area contributed by atoms with Crippen molar-refractivity contribution in [2.45, 2.75) is 39.3 Å². The molecule has 2 heterocycles. The lowest BCUT2D eigenvalue weighted by molar-refractivity contribution is 0.0257. The van der Waals surface area contributed by atoms with Crippen LogP contribution in [0.25, 0.3) is 0 Å². The second-order valence-electron chi connectivity index (χ2n) is 6.56. The molecule has 2 rings (SSSR count). The number of hydrogen-bond acceptors (Lipinski definition) is 4. The first kappa shape index (κ1) is 17.0. The van der Waals surface area contributed by atoms with Gasteiger partial charge in [0.1, 0.15) is 5.60 Å². The summed E-state index contributed by atoms with van der Waals surface area (Å²) >= 11 is 5.99. The summed E-state index contributed by atoms with van der Waals surface area (Å²) in [6.45, 7) is 9.58. The van der Waals surface area contributed by atoms with Crippen LogP contribution in [0.15, 0.2) is 18.3 Å². The molecule has 0 spiro atoms. The summed E-state index contributed by atoms with van der Waals surface area (Å²) in [4.78, 5) is 20.6. The van der Waals surface area contributed by atoms with Gasteiger partial charge in [-0.15, -0.1) is 0 Å². The summed E-state index contributed by atoms with van der Waals surface area (Å²) in [5.41, 5.74) is 0.506. The molecule has 0 bridgehead atoms. The summed E-state index contributed by atoms with van der Waals surface area (Å²) in [7, 11) is 0. The Labute approximate surface area is 137 Å². The van der Waals surface area contributed by atoms with Crippen molar-refractivity contribution in [3.8, 4) is 0 Å². The van der Waals surface area contributed by atoms with Gasteiger partial charge in [0.25, 0.3) is 0 Å². The van der Waals surface area contributed by atoms with Crippen molar-refractivity contribution in [2.75, 3.05) is 26.2 Å². The van der Waals surface area contributed by atoms with Gasteiger partial charge < -0.3 is 9.64 Å². The normalized spacial score (nSPS) is 17.2. The zero-order chi connectivity index (χ0) is 16.2. The topological polar surface area (TPSA) is 45.7 Å². The van der Waals surface area contributed by atoms with Crippen LogP contribution in [0.2, 0.25) is 5.02 Å². The zero-order valence-electron chi connectivity index (χ0n) is 13.5. The molecule has 1 aromatic heterocycles. The van der Waals surface area contributed by atoms with Gasteiger partial charge in [-0.3, -0.25) is 9.88 Å². The van der Waals surface area contributed by atoms with Crippen LogP contribution < -0.4 is 0 Å². The lowest BCUT2D eigenvalue weighted by atomic mass is 10.2. The van der Waals surface area contributed by atoms with Gasteiger partial charge in [-0.25, -0.2) is 4.79 Å². The van der Waals surface area contributed by atoms with Gasteiger partial charge >= 0.3 is 6.09 Å². The number of nitrogens with zero attached hydrogens (tertiary/aromatic N) is 3. The van der Waals surface area contributed by atoms with Gasteiger partial charge in [-0.1, -0.05) is 11.6 Å². The number of carbonyl (C=O) groups excluding carboxylic acids is 1. The van der Waals surface area contributed by atoms with Gasteiger partial charge in [0, 0.05) is 43.9 Å². The highest BCUT2D eigenvalue weighted by Gasteiger charge is 2.24. The SMILES string of the molecule is CC(C)(C)OC(=O)N1CCCN(Cc2cc(Cl)ccn2)CC1. The highest BCUT2D eigenvalue weighted by molar-refractivity contribution is 6.30. The number of amides is 1. The molecule has 1 aliphatic rings. The summed E-state index contributed by atoms with van der Waals surface area (Å²) in [6, 6.07) is 3.66. The maximum Gasteiger partial charge on any atom is 0.410 e. The van der Waals surface area contributed by atoms with Gasteiger partial charge in [0.05, 0.1) is 5.69 Å². The molecule has 0 unspecified atom stereocenters. The molecule has 0 saturated carbocycles. The Kier molecular flexibility index (Phi) is 5.64. The van der Waals surface area contributed by atoms with E-state index in [2.05, 4.69) is 9.88 Å². The van der Waals surface area contributed by atoms with Crippen LogP contribution in [0.4, 0.5) is 4.79 Å². The third kappa shape index (κ3) is 5.46. The highest BCUT2D eigenvalue weighted by atomic mass is 35.5. The van der Waals surface area contributed by atoms with Gasteiger partial charge in [0.2, 0.25) is 0 Å². The monoisotopic (exact) mass is 325 g/mol. The molecule has 1 amide bonds. The van der Waals surface area contributed by atoms with E-state index in [1.807, 2.05) is 26.8 Å². The maximum atomic E-state index is 12.1. The number of ether oxygens (including phenoxy) is 1. The average molecular weight is 326 g/mol. The third-order valence-corrected chi connectivity index (χ3v) is 3.64. The minimum Gasteiger partial charge on any atom is -0.444 e. The number of rotatable bonds is 2. The minimum absolute atomic E-state index is 0.227. The van der Waals surface area contributed by atoms with Crippen LogP contribution >= 0.6 is 11.6 Å². The molecular formula is C16H24ClN3O2. The van der Waals surface area contributed by atoms with Crippen LogP contribution in [0.3, 0.4) is 0 Å². The fraction of sp³-hybridized carbons (Fsp3) is 0.625. The molecule has 22 heavy (non-hydrogen) atoms. The lowest BCUT2D eigenvalue weighted by Crippen LogP contribution is -2.39. The summed E-state index contributed by atoms with van der Waals surface area (Å²) in [6.07, 6.45) is 2.43. The number of hydrogen-bond donors (Lipinski definition) is 0. The first-order valence-electron chi connectivity index (χ1n) is 7.64. The van der Waals surface area contributed by atoms with Crippen molar-refractivity contribution in [3.63, 3.8) is 0 Å². The molecule has 5 nitrogen and oxygen atoms in total. The first-order valence-corrected chi connectivity index (χ1v) is 8.02. The Hall–Kier alpha value is -1.33. The third-order valence-electron chi connectivity index (χ3n) is 3.40. The predicted octanol–water partition coefficient (Wildman–Crippen LogP) is 3.18. The molecule has 1 fully saturated rings. The number of carbonyl (C=O) groups is 1. The number of halogens is 1. The second kappa shape index (κ2) is 7.29. The molecule has 0 aromatic carbocycles. The van der Waals surface area contributed by atoms with Crippen LogP contribution in [0, 0.1) is 0 Å². The number of aromatic nitrogens is 1. The Bertz CT molecular complexity index is 516. The summed E-state index contributed by atoms with van der Waals surface area (Å²) < 4.78 is 5.44. The molecule has 1 saturated heterocycles. The summed E-state index contributed by atoms with van der Waals surface area (Å²) in [5, 5.41) is 0.704. The Morgan fingerprint density at radius 2 is 2.09 bits per heavy atom. The van der Waals surface area contributed by atoms with Crippen LogP contribution in [-0.4, -0.2) is 52.7 Å². The number of pyridine rings is 1. The fourth-order valence-electron chi connectivity index (χ4n) is 2.40. The van der Waals surface area contributed by atoms with E-state index in [1.54, 1.807) is 17.2 Å². The Morgan fingerprint density at radius 3 is 2.77 bits per heavy atom. The van der Waals surface area contributed by atoms with E-state index in [0.29, 0.717) is 11.6 Å². The van der Waals surface area contributed by atoms with Gasteiger partial charge in [-0.05, 0) is 39.3 Å². The van der Waals surface area contributed by atoms with E-state index in [-0.39, 0.29) is 6.09 Å². The van der Waals surface area contributed by atoms with E-state index < -0.39 is 5.60 Å². The molecular weight excluding hydrogens is 302 g/mol. The fourth-order valence-corrected chi connectivity index (χ4v) is 2.58. The lowest BCUT2D eigenvalue weighted by Gasteiger charge is -2.26. The van der Waals surface area contributed by atoms with Crippen molar-refractivity contribution < 1.29 is 9.53 Å². The van der Waals surface area contributed by atoms with E-state index in [0.717, 1.165) is 38.3 Å². The first-order chi connectivity index (χ1) is 10.3. The predicted molar refractivity (Wildman–Crippen MR) is 86.9 cm³/mol. The molecule has 122 valence electrons. The van der Waals surface area contributed by atoms with Crippen molar-refractivity contribution in [1.82, 2.24) is 14.8 Å². The van der Waals surface area contributed by atoms with Gasteiger partial charge in [0.15, 0.2) is 0 Å². The van der Waals surface area contributed by atoms with Crippen molar-refractivity contribution >= 4 is 17.7 Å². The standard InChI is InChI=1S/C16H24ClN3O2/c1-16(2,3)22-15(21)20-8-4-7-19(9-10-20)12-14-11-13(17)5-6-18-14/h5-6,11H,4,7-10,12H2,1-3H3. The average Bonchev–Trinajstić information content (AvgIpc) is 2.62. The van der Waals surface area contributed by atoms with E-state index >= 15 is 0 Å². The summed E-state index contributed by atoms with van der Waals surface area (Å²) in [5.74, 6) is 0. The molecule has 0 aliphatic carbocycles. The molecule has 0 radical (unpaired) electrons. The van der Waals surface area contributed by atoms with Crippen LogP contribution in [0.1, 0.15) is 32.9 Å². The van der Waals surface area contributed by atoms with E-state index in [1.165, 1.54) is 0 Å². The molecule has 0 N–H and O–H groups in total. The second-order valence-corrected chi connectivity index (χ2v) is 7.00. The molecule has 6 heteroatoms. The zero-order valence-corrected chi connectivity index (χ0v) is 14.3. The van der Waals surface area contributed by atoms with E-state index in [4.69, 9.17) is 16.3 Å². The van der Waals surface area contributed by atoms with Crippen LogP contribution in [0.5, 0.6) is 0 Å². The van der Waals surface area contributed by atoms with E-state index in [9.17, 15) is 4.79 Å². The maximum absolute atomic E-state index is 12.1. The van der Waals surface area contributed by atoms with Gasteiger partial charge in [-0.2, -0.15) is 0 Å². The van der Waals surface area contributed by atoms with Crippen molar-refractivity contribution in [3.05, 3.63) is 29.0 Å². The quantitative estimate of drug-likeness (QED) is 0.837. The van der Waals surface area contributed by atoms with Crippen molar-refractivity contribution in [2.24, 2.45) is 0 Å². The smallest absolute Gasteiger partial charge is 0.410 e. The molecule has 1 aromatic rings. The molecule has 0 atom stereocenters. The van der Waals surface area contributed by atoms with Crippen LogP contribution in [-0.2, 0) is 11.3 Å². The van der Waals surface area contributed by atoms with Crippen molar-refractivity contribution in [1.29, 1.82) is 0 Å². The Balaban J connectivity index is 1.88. The Morgan fingerprint density at radius 1 is 1.32 bits per heavy atom. The minimum atomic E-state index is -0.451. The largest absolute Gasteiger partial charge is 0.444 e. The highest BCUT2D eigenvalue weighted by Crippen LogP contribution is 2.14.